The van der Waals surface area contributed by atoms with E-state index >= 15 is 0 Å². The minimum absolute atomic E-state index is 0.243. The lowest BCUT2D eigenvalue weighted by molar-refractivity contribution is -0.157. The van der Waals surface area contributed by atoms with Gasteiger partial charge in [0.1, 0.15) is 5.54 Å². The van der Waals surface area contributed by atoms with Crippen molar-refractivity contribution in [1.29, 1.82) is 0 Å². The van der Waals surface area contributed by atoms with Crippen molar-refractivity contribution in [2.75, 3.05) is 20.3 Å². The van der Waals surface area contributed by atoms with Crippen LogP contribution in [0.25, 0.3) is 0 Å². The van der Waals surface area contributed by atoms with Crippen LogP contribution in [0.4, 0.5) is 0 Å². The van der Waals surface area contributed by atoms with Crippen LogP contribution < -0.4 is 0 Å². The number of rotatable bonds is 4. The molecule has 1 aliphatic heterocycles. The van der Waals surface area contributed by atoms with Gasteiger partial charge in [-0.1, -0.05) is 6.42 Å². The first kappa shape index (κ1) is 12.5. The smallest absolute Gasteiger partial charge is 0.326 e. The normalized spacial score (nSPS) is 27.3. The second-order valence-corrected chi connectivity index (χ2v) is 4.55. The summed E-state index contributed by atoms with van der Waals surface area (Å²) in [4.78, 5) is 13.4. The van der Waals surface area contributed by atoms with Crippen molar-refractivity contribution >= 4 is 5.97 Å². The van der Waals surface area contributed by atoms with Crippen LogP contribution in [0.15, 0.2) is 0 Å². The number of likely N-dealkylation sites (tertiary alicyclic amines) is 1. The molecule has 0 aliphatic carbocycles. The summed E-state index contributed by atoms with van der Waals surface area (Å²) in [6, 6.07) is 0.329. The zero-order valence-corrected chi connectivity index (χ0v) is 9.82. The number of aliphatic carboxylic acids is 1. The molecule has 0 saturated carbocycles. The quantitative estimate of drug-likeness (QED) is 0.769. The van der Waals surface area contributed by atoms with Gasteiger partial charge < -0.3 is 9.84 Å². The van der Waals surface area contributed by atoms with Crippen molar-refractivity contribution in [3.05, 3.63) is 0 Å². The molecular formula is C11H21NO3. The highest BCUT2D eigenvalue weighted by molar-refractivity contribution is 5.78. The molecule has 1 rings (SSSR count). The third-order valence-corrected chi connectivity index (χ3v) is 3.32. The number of piperidine rings is 1. The van der Waals surface area contributed by atoms with Crippen molar-refractivity contribution in [1.82, 2.24) is 4.90 Å². The fourth-order valence-corrected chi connectivity index (χ4v) is 2.38. The zero-order valence-electron chi connectivity index (χ0n) is 9.82. The van der Waals surface area contributed by atoms with Gasteiger partial charge in [-0.05, 0) is 33.2 Å². The van der Waals surface area contributed by atoms with E-state index < -0.39 is 11.5 Å². The number of carboxylic acids is 1. The molecule has 0 radical (unpaired) electrons. The van der Waals surface area contributed by atoms with Gasteiger partial charge in [0.05, 0.1) is 6.61 Å². The Kier molecular flexibility index (Phi) is 4.11. The van der Waals surface area contributed by atoms with E-state index in [2.05, 4.69) is 11.8 Å². The second kappa shape index (κ2) is 4.94. The molecule has 0 aromatic carbocycles. The molecule has 1 aliphatic rings. The number of nitrogens with zero attached hydrogens (tertiary/aromatic N) is 1. The van der Waals surface area contributed by atoms with Gasteiger partial charge in [0.25, 0.3) is 0 Å². The van der Waals surface area contributed by atoms with Crippen LogP contribution >= 0.6 is 0 Å². The van der Waals surface area contributed by atoms with Crippen LogP contribution in [0.3, 0.4) is 0 Å². The van der Waals surface area contributed by atoms with Gasteiger partial charge in [0.2, 0.25) is 0 Å². The minimum atomic E-state index is -0.880. The molecule has 0 amide bonds. The predicted molar refractivity (Wildman–Crippen MR) is 57.9 cm³/mol. The zero-order chi connectivity index (χ0) is 11.5. The van der Waals surface area contributed by atoms with Crippen LogP contribution in [0, 0.1) is 0 Å². The monoisotopic (exact) mass is 215 g/mol. The molecule has 0 bridgehead atoms. The molecule has 1 heterocycles. The molecule has 1 fully saturated rings. The first-order valence-electron chi connectivity index (χ1n) is 5.51. The van der Waals surface area contributed by atoms with Crippen LogP contribution in [-0.2, 0) is 9.53 Å². The highest BCUT2D eigenvalue weighted by atomic mass is 16.5. The maximum absolute atomic E-state index is 11.3. The van der Waals surface area contributed by atoms with Crippen molar-refractivity contribution in [2.45, 2.75) is 44.7 Å². The summed E-state index contributed by atoms with van der Waals surface area (Å²) in [7, 11) is 1.55. The first-order valence-corrected chi connectivity index (χ1v) is 5.51. The number of hydrogen-bond donors (Lipinski definition) is 1. The molecule has 4 nitrogen and oxygen atoms in total. The molecule has 0 spiro atoms. The van der Waals surface area contributed by atoms with Crippen LogP contribution in [0.2, 0.25) is 0 Å². The maximum Gasteiger partial charge on any atom is 0.326 e. The van der Waals surface area contributed by atoms with Crippen LogP contribution in [0.5, 0.6) is 0 Å². The number of carboxylic acid groups (broad SMARTS) is 1. The summed E-state index contributed by atoms with van der Waals surface area (Å²) in [5, 5.41) is 9.31. The number of ether oxygens (including phenoxy) is 1. The summed E-state index contributed by atoms with van der Waals surface area (Å²) in [5.74, 6) is -0.793. The molecule has 1 N–H and O–H groups in total. The topological polar surface area (TPSA) is 49.8 Å². The lowest BCUT2D eigenvalue weighted by atomic mass is 9.93. The fraction of sp³-hybridized carbons (Fsp3) is 0.909. The Labute approximate surface area is 91.2 Å². The first-order chi connectivity index (χ1) is 7.02. The second-order valence-electron chi connectivity index (χ2n) is 4.55. The van der Waals surface area contributed by atoms with Crippen LogP contribution in [0.1, 0.15) is 33.1 Å². The minimum Gasteiger partial charge on any atom is -0.480 e. The van der Waals surface area contributed by atoms with E-state index in [1.54, 1.807) is 14.0 Å². The summed E-state index contributed by atoms with van der Waals surface area (Å²) in [6.07, 6.45) is 3.35. The number of hydrogen-bond acceptors (Lipinski definition) is 3. The van der Waals surface area contributed by atoms with Crippen molar-refractivity contribution in [2.24, 2.45) is 0 Å². The van der Waals surface area contributed by atoms with E-state index in [1.807, 2.05) is 0 Å². The Bertz CT molecular complexity index is 232. The van der Waals surface area contributed by atoms with Gasteiger partial charge in [0.15, 0.2) is 0 Å². The van der Waals surface area contributed by atoms with Gasteiger partial charge >= 0.3 is 5.97 Å². The molecule has 4 heteroatoms. The van der Waals surface area contributed by atoms with Gasteiger partial charge in [-0.15, -0.1) is 0 Å². The molecular weight excluding hydrogens is 194 g/mol. The van der Waals surface area contributed by atoms with E-state index in [0.29, 0.717) is 6.04 Å². The van der Waals surface area contributed by atoms with E-state index in [4.69, 9.17) is 4.74 Å². The van der Waals surface area contributed by atoms with Gasteiger partial charge in [-0.3, -0.25) is 9.69 Å². The highest BCUT2D eigenvalue weighted by Crippen LogP contribution is 2.26. The molecule has 0 aromatic heterocycles. The summed E-state index contributed by atoms with van der Waals surface area (Å²) >= 11 is 0. The molecule has 2 unspecified atom stereocenters. The molecule has 0 aromatic rings. The Balaban J connectivity index is 2.82. The van der Waals surface area contributed by atoms with E-state index in [1.165, 1.54) is 6.42 Å². The molecule has 88 valence electrons. The predicted octanol–water partition coefficient (Wildman–Crippen LogP) is 1.35. The molecule has 1 saturated heterocycles. The Hall–Kier alpha value is -0.610. The summed E-state index contributed by atoms with van der Waals surface area (Å²) in [5.41, 5.74) is -0.880. The average Bonchev–Trinajstić information content (AvgIpc) is 2.18. The fourth-order valence-electron chi connectivity index (χ4n) is 2.38. The maximum atomic E-state index is 11.3. The van der Waals surface area contributed by atoms with E-state index in [9.17, 15) is 9.90 Å². The third kappa shape index (κ3) is 2.49. The van der Waals surface area contributed by atoms with Crippen LogP contribution in [-0.4, -0.2) is 47.8 Å². The van der Waals surface area contributed by atoms with Crippen molar-refractivity contribution in [3.8, 4) is 0 Å². The lowest BCUT2D eigenvalue weighted by Crippen LogP contribution is -2.60. The third-order valence-electron chi connectivity index (χ3n) is 3.32. The van der Waals surface area contributed by atoms with Gasteiger partial charge in [0, 0.05) is 13.2 Å². The molecule has 15 heavy (non-hydrogen) atoms. The van der Waals surface area contributed by atoms with E-state index in [0.717, 1.165) is 19.4 Å². The largest absolute Gasteiger partial charge is 0.480 e. The Morgan fingerprint density at radius 1 is 1.60 bits per heavy atom. The van der Waals surface area contributed by atoms with Gasteiger partial charge in [-0.25, -0.2) is 0 Å². The van der Waals surface area contributed by atoms with E-state index in [-0.39, 0.29) is 6.61 Å². The standard InChI is InChI=1S/C11H21NO3/c1-9-6-4-5-7-12(9)11(2,8-15-3)10(13)14/h9H,4-8H2,1-3H3,(H,13,14). The number of methoxy groups -OCH3 is 1. The highest BCUT2D eigenvalue weighted by Gasteiger charge is 2.42. The lowest BCUT2D eigenvalue weighted by Gasteiger charge is -2.44. The molecule has 2 atom stereocenters. The summed E-state index contributed by atoms with van der Waals surface area (Å²) < 4.78 is 5.05. The Morgan fingerprint density at radius 2 is 2.27 bits per heavy atom. The number of carbonyl (C=O) groups is 1. The Morgan fingerprint density at radius 3 is 2.73 bits per heavy atom. The van der Waals surface area contributed by atoms with Crippen molar-refractivity contribution in [3.63, 3.8) is 0 Å². The van der Waals surface area contributed by atoms with Gasteiger partial charge in [-0.2, -0.15) is 0 Å². The summed E-state index contributed by atoms with van der Waals surface area (Å²) in [6.45, 7) is 4.94. The van der Waals surface area contributed by atoms with Crippen molar-refractivity contribution < 1.29 is 14.6 Å². The average molecular weight is 215 g/mol. The SMILES string of the molecule is COCC(C)(C(=O)O)N1CCCCC1C.